The van der Waals surface area contributed by atoms with Crippen LogP contribution in [0.3, 0.4) is 0 Å². The van der Waals surface area contributed by atoms with Gasteiger partial charge < -0.3 is 4.57 Å². The fourth-order valence-electron chi connectivity index (χ4n) is 1.91. The third-order valence-corrected chi connectivity index (χ3v) is 3.55. The number of thioether (sulfide) groups is 1. The normalized spacial score (nSPS) is 12.1. The largest absolute Gasteiger partial charge is 0.416 e. The summed E-state index contributed by atoms with van der Waals surface area (Å²) in [5.41, 5.74) is -0.275. The quantitative estimate of drug-likeness (QED) is 0.393. The highest BCUT2D eigenvalue weighted by atomic mass is 32.2. The predicted octanol–water partition coefficient (Wildman–Crippen LogP) is 3.62. The molecule has 0 saturated carbocycles. The summed E-state index contributed by atoms with van der Waals surface area (Å²) in [6.07, 6.45) is 2.07. The summed E-state index contributed by atoms with van der Waals surface area (Å²) in [4.78, 5) is 8.20. The maximum Gasteiger partial charge on any atom is 0.416 e. The zero-order chi connectivity index (χ0) is 17.0. The predicted molar refractivity (Wildman–Crippen MR) is 82.7 cm³/mol. The van der Waals surface area contributed by atoms with Crippen molar-refractivity contribution >= 4 is 22.6 Å². The van der Waals surface area contributed by atoms with Crippen LogP contribution in [0, 0.1) is 18.4 Å². The van der Waals surface area contributed by atoms with E-state index in [0.29, 0.717) is 11.5 Å². The average molecular weight is 339 g/mol. The van der Waals surface area contributed by atoms with Crippen LogP contribution in [0.1, 0.15) is 11.4 Å². The van der Waals surface area contributed by atoms with E-state index in [1.165, 1.54) is 6.07 Å². The maximum absolute atomic E-state index is 12.9. The molecule has 1 heterocycles. The van der Waals surface area contributed by atoms with E-state index in [1.54, 1.807) is 36.3 Å². The van der Waals surface area contributed by atoms with Gasteiger partial charge >= 0.3 is 6.18 Å². The molecule has 0 radical (unpaired) electrons. The van der Waals surface area contributed by atoms with E-state index >= 15 is 0 Å². The molecule has 0 bridgehead atoms. The molecule has 0 atom stereocenters. The SMILES string of the molecule is CSC(=Nc1cc(C(F)(F)F)ccc1-n1ccnc1C)NC#N. The number of hydrogen-bond acceptors (Lipinski definition) is 4. The van der Waals surface area contributed by atoms with Gasteiger partial charge in [0.25, 0.3) is 0 Å². The zero-order valence-electron chi connectivity index (χ0n) is 12.2. The molecule has 0 aliphatic rings. The molecular weight excluding hydrogens is 327 g/mol. The van der Waals surface area contributed by atoms with Gasteiger partial charge in [-0.1, -0.05) is 11.8 Å². The number of nitrogens with zero attached hydrogens (tertiary/aromatic N) is 4. The highest BCUT2D eigenvalue weighted by molar-refractivity contribution is 8.13. The van der Waals surface area contributed by atoms with E-state index in [1.807, 2.05) is 0 Å². The van der Waals surface area contributed by atoms with Crippen LogP contribution < -0.4 is 5.32 Å². The Bertz CT molecular complexity index is 773. The molecule has 2 aromatic rings. The summed E-state index contributed by atoms with van der Waals surface area (Å²) in [6, 6.07) is 3.27. The summed E-state index contributed by atoms with van der Waals surface area (Å²) in [5.74, 6) is 0.611. The number of hydrogen-bond donors (Lipinski definition) is 1. The van der Waals surface area contributed by atoms with Crippen molar-refractivity contribution < 1.29 is 13.2 Å². The van der Waals surface area contributed by atoms with Crippen LogP contribution in [0.15, 0.2) is 35.6 Å². The minimum atomic E-state index is -4.48. The molecule has 120 valence electrons. The van der Waals surface area contributed by atoms with E-state index in [9.17, 15) is 13.2 Å². The lowest BCUT2D eigenvalue weighted by atomic mass is 10.1. The smallest absolute Gasteiger partial charge is 0.302 e. The number of imidazole rings is 1. The molecule has 1 N–H and O–H groups in total. The Labute approximate surface area is 134 Å². The lowest BCUT2D eigenvalue weighted by molar-refractivity contribution is -0.137. The summed E-state index contributed by atoms with van der Waals surface area (Å²) in [7, 11) is 0. The van der Waals surface area contributed by atoms with Crippen molar-refractivity contribution in [1.82, 2.24) is 14.9 Å². The van der Waals surface area contributed by atoms with E-state index in [2.05, 4.69) is 15.3 Å². The van der Waals surface area contributed by atoms with Gasteiger partial charge in [-0.25, -0.2) is 9.98 Å². The second kappa shape index (κ2) is 6.75. The topological polar surface area (TPSA) is 66.0 Å². The number of aromatic nitrogens is 2. The first kappa shape index (κ1) is 16.9. The molecule has 0 unspecified atom stereocenters. The highest BCUT2D eigenvalue weighted by Gasteiger charge is 2.31. The number of benzene rings is 1. The molecule has 0 spiro atoms. The minimum Gasteiger partial charge on any atom is -0.302 e. The molecule has 0 saturated heterocycles. The fourth-order valence-corrected chi connectivity index (χ4v) is 2.24. The number of nitriles is 1. The number of aliphatic imine (C=N–C) groups is 1. The minimum absolute atomic E-state index is 0.0908. The van der Waals surface area contributed by atoms with Crippen molar-refractivity contribution in [2.75, 3.05) is 6.26 Å². The van der Waals surface area contributed by atoms with Crippen molar-refractivity contribution in [1.29, 1.82) is 5.26 Å². The molecule has 1 aromatic heterocycles. The van der Waals surface area contributed by atoms with Crippen LogP contribution in [0.4, 0.5) is 18.9 Å². The van der Waals surface area contributed by atoms with Gasteiger partial charge in [0, 0.05) is 12.4 Å². The molecule has 1 aromatic carbocycles. The Kier molecular flexibility index (Phi) is 4.95. The van der Waals surface area contributed by atoms with Crippen LogP contribution in [-0.4, -0.2) is 21.0 Å². The molecule has 2 rings (SSSR count). The van der Waals surface area contributed by atoms with Crippen molar-refractivity contribution in [2.45, 2.75) is 13.1 Å². The molecular formula is C14H12F3N5S. The van der Waals surface area contributed by atoms with Gasteiger partial charge in [-0.15, -0.1) is 0 Å². The molecule has 5 nitrogen and oxygen atoms in total. The Hall–Kier alpha value is -2.47. The van der Waals surface area contributed by atoms with E-state index in [0.717, 1.165) is 23.9 Å². The van der Waals surface area contributed by atoms with Gasteiger partial charge in [-0.3, -0.25) is 5.32 Å². The number of halogens is 3. The number of alkyl halides is 3. The first-order valence-corrected chi connectivity index (χ1v) is 7.58. The van der Waals surface area contributed by atoms with Gasteiger partial charge in [-0.2, -0.15) is 18.4 Å². The van der Waals surface area contributed by atoms with Gasteiger partial charge in [0.05, 0.1) is 16.9 Å². The van der Waals surface area contributed by atoms with Crippen LogP contribution in [0.2, 0.25) is 0 Å². The average Bonchev–Trinajstić information content (AvgIpc) is 2.91. The van der Waals surface area contributed by atoms with Crippen molar-refractivity contribution in [3.8, 4) is 11.9 Å². The fraction of sp³-hybridized carbons (Fsp3) is 0.214. The second-order valence-electron chi connectivity index (χ2n) is 4.40. The highest BCUT2D eigenvalue weighted by Crippen LogP contribution is 2.35. The van der Waals surface area contributed by atoms with Crippen LogP contribution in [0.25, 0.3) is 5.69 Å². The zero-order valence-corrected chi connectivity index (χ0v) is 13.0. The third kappa shape index (κ3) is 3.84. The van der Waals surface area contributed by atoms with E-state index < -0.39 is 11.7 Å². The first-order valence-electron chi connectivity index (χ1n) is 6.36. The summed E-state index contributed by atoms with van der Waals surface area (Å²) in [6.45, 7) is 1.73. The van der Waals surface area contributed by atoms with E-state index in [4.69, 9.17) is 5.26 Å². The van der Waals surface area contributed by atoms with Crippen LogP contribution in [-0.2, 0) is 6.18 Å². The van der Waals surface area contributed by atoms with Gasteiger partial charge in [-0.05, 0) is 31.4 Å². The maximum atomic E-state index is 12.9. The van der Waals surface area contributed by atoms with Crippen molar-refractivity contribution in [2.24, 2.45) is 4.99 Å². The van der Waals surface area contributed by atoms with Crippen molar-refractivity contribution in [3.05, 3.63) is 42.0 Å². The summed E-state index contributed by atoms with van der Waals surface area (Å²) >= 11 is 1.12. The molecule has 0 fully saturated rings. The van der Waals surface area contributed by atoms with Gasteiger partial charge in [0.2, 0.25) is 0 Å². The molecule has 0 aliphatic carbocycles. The van der Waals surface area contributed by atoms with Gasteiger partial charge in [0.15, 0.2) is 11.4 Å². The number of nitrogens with one attached hydrogen (secondary N) is 1. The number of amidine groups is 1. The Morgan fingerprint density at radius 3 is 2.70 bits per heavy atom. The lowest BCUT2D eigenvalue weighted by Crippen LogP contribution is -2.13. The molecule has 9 heteroatoms. The van der Waals surface area contributed by atoms with Crippen LogP contribution >= 0.6 is 11.8 Å². The number of aryl methyl sites for hydroxylation is 1. The monoisotopic (exact) mass is 339 g/mol. The Morgan fingerprint density at radius 1 is 1.43 bits per heavy atom. The Balaban J connectivity index is 2.64. The van der Waals surface area contributed by atoms with E-state index in [-0.39, 0.29) is 10.9 Å². The van der Waals surface area contributed by atoms with Crippen LogP contribution in [0.5, 0.6) is 0 Å². The van der Waals surface area contributed by atoms with Crippen molar-refractivity contribution in [3.63, 3.8) is 0 Å². The summed E-state index contributed by atoms with van der Waals surface area (Å²) < 4.78 is 40.5. The molecule has 0 amide bonds. The second-order valence-corrected chi connectivity index (χ2v) is 5.20. The third-order valence-electron chi connectivity index (χ3n) is 2.97. The molecule has 23 heavy (non-hydrogen) atoms. The Morgan fingerprint density at radius 2 is 2.17 bits per heavy atom. The summed E-state index contributed by atoms with van der Waals surface area (Å²) in [5, 5.41) is 11.2. The first-order chi connectivity index (χ1) is 10.9. The standard InChI is InChI=1S/C14H12F3N5S/c1-9-19-5-6-22(9)12-4-3-10(14(15,16)17)7-11(12)21-13(23-2)20-8-18/h3-7H,1-2H3,(H,20,21). The number of rotatable bonds is 2. The lowest BCUT2D eigenvalue weighted by Gasteiger charge is -2.13. The molecule has 0 aliphatic heterocycles. The van der Waals surface area contributed by atoms with Gasteiger partial charge in [0.1, 0.15) is 5.82 Å².